The maximum Gasteiger partial charge on any atom is 0.332 e. The van der Waals surface area contributed by atoms with Gasteiger partial charge in [-0.3, -0.25) is 10.1 Å². The standard InChI is InChI=1S/C12H19N5O2/c1-8-10(17(18)19)11(16-12(13-2)15-8)14-7-3-4-9-5-6-9/h9H,3-7H2,1-2H3,(H2,13,14,15,16). The molecule has 7 nitrogen and oxygen atoms in total. The van der Waals surface area contributed by atoms with E-state index in [0.29, 0.717) is 24.0 Å². The van der Waals surface area contributed by atoms with Gasteiger partial charge in [0.25, 0.3) is 0 Å². The highest BCUT2D eigenvalue weighted by Gasteiger charge is 2.23. The second-order valence-corrected chi connectivity index (χ2v) is 4.85. The molecule has 0 aromatic carbocycles. The molecule has 1 aliphatic carbocycles. The fourth-order valence-electron chi connectivity index (χ4n) is 2.02. The molecule has 1 aliphatic rings. The second kappa shape index (κ2) is 5.81. The van der Waals surface area contributed by atoms with Crippen LogP contribution >= 0.6 is 0 Å². The van der Waals surface area contributed by atoms with E-state index in [2.05, 4.69) is 20.6 Å². The number of aromatic nitrogens is 2. The van der Waals surface area contributed by atoms with Gasteiger partial charge in [-0.25, -0.2) is 4.98 Å². The Kier molecular flexibility index (Phi) is 4.13. The molecule has 0 bridgehead atoms. The van der Waals surface area contributed by atoms with Crippen LogP contribution in [0.15, 0.2) is 0 Å². The Morgan fingerprint density at radius 3 is 2.74 bits per heavy atom. The molecule has 2 N–H and O–H groups in total. The summed E-state index contributed by atoms with van der Waals surface area (Å²) in [5.74, 6) is 1.57. The van der Waals surface area contributed by atoms with Gasteiger partial charge in [0, 0.05) is 13.6 Å². The van der Waals surface area contributed by atoms with Gasteiger partial charge in [-0.2, -0.15) is 4.98 Å². The molecular weight excluding hydrogens is 246 g/mol. The van der Waals surface area contributed by atoms with E-state index in [4.69, 9.17) is 0 Å². The van der Waals surface area contributed by atoms with Gasteiger partial charge in [-0.1, -0.05) is 12.8 Å². The molecule has 0 amide bonds. The van der Waals surface area contributed by atoms with Crippen LogP contribution in [-0.2, 0) is 0 Å². The molecule has 1 aromatic rings. The van der Waals surface area contributed by atoms with Gasteiger partial charge in [0.1, 0.15) is 5.69 Å². The number of rotatable bonds is 7. The van der Waals surface area contributed by atoms with Crippen LogP contribution in [0.25, 0.3) is 0 Å². The maximum atomic E-state index is 11.1. The molecule has 1 aromatic heterocycles. The molecule has 19 heavy (non-hydrogen) atoms. The first-order chi connectivity index (χ1) is 9.11. The Hall–Kier alpha value is -1.92. The van der Waals surface area contributed by atoms with Crippen molar-refractivity contribution in [1.82, 2.24) is 9.97 Å². The summed E-state index contributed by atoms with van der Waals surface area (Å²) < 4.78 is 0. The summed E-state index contributed by atoms with van der Waals surface area (Å²) in [4.78, 5) is 18.8. The van der Waals surface area contributed by atoms with Crippen molar-refractivity contribution in [2.24, 2.45) is 5.92 Å². The summed E-state index contributed by atoms with van der Waals surface area (Å²) in [7, 11) is 1.69. The Morgan fingerprint density at radius 1 is 1.42 bits per heavy atom. The van der Waals surface area contributed by atoms with Crippen LogP contribution < -0.4 is 10.6 Å². The van der Waals surface area contributed by atoms with E-state index in [1.54, 1.807) is 14.0 Å². The third kappa shape index (κ3) is 3.52. The zero-order chi connectivity index (χ0) is 13.8. The summed E-state index contributed by atoms with van der Waals surface area (Å²) in [6.07, 6.45) is 4.86. The average molecular weight is 265 g/mol. The monoisotopic (exact) mass is 265 g/mol. The SMILES string of the molecule is CNc1nc(C)c([N+](=O)[O-])c(NCCCC2CC2)n1. The van der Waals surface area contributed by atoms with Crippen LogP contribution in [0.2, 0.25) is 0 Å². The fourth-order valence-corrected chi connectivity index (χ4v) is 2.02. The average Bonchev–Trinajstić information content (AvgIpc) is 3.17. The summed E-state index contributed by atoms with van der Waals surface area (Å²) in [6, 6.07) is 0. The first-order valence-electron chi connectivity index (χ1n) is 6.56. The largest absolute Gasteiger partial charge is 0.364 e. The lowest BCUT2D eigenvalue weighted by molar-refractivity contribution is -0.385. The van der Waals surface area contributed by atoms with Gasteiger partial charge >= 0.3 is 5.69 Å². The molecule has 1 saturated carbocycles. The van der Waals surface area contributed by atoms with Gasteiger partial charge in [-0.15, -0.1) is 0 Å². The molecule has 0 unspecified atom stereocenters. The van der Waals surface area contributed by atoms with Crippen molar-refractivity contribution in [3.8, 4) is 0 Å². The summed E-state index contributed by atoms with van der Waals surface area (Å²) >= 11 is 0. The molecule has 0 saturated heterocycles. The van der Waals surface area contributed by atoms with Gasteiger partial charge in [0.15, 0.2) is 0 Å². The topological polar surface area (TPSA) is 93.0 Å². The minimum atomic E-state index is -0.433. The zero-order valence-corrected chi connectivity index (χ0v) is 11.3. The van der Waals surface area contributed by atoms with Crippen molar-refractivity contribution in [2.45, 2.75) is 32.6 Å². The predicted octanol–water partition coefficient (Wildman–Crippen LogP) is 2.34. The molecular formula is C12H19N5O2. The lowest BCUT2D eigenvalue weighted by atomic mass is 10.2. The molecule has 1 heterocycles. The molecule has 0 spiro atoms. The molecule has 104 valence electrons. The minimum absolute atomic E-state index is 0.0366. The normalized spacial score (nSPS) is 14.2. The molecule has 0 radical (unpaired) electrons. The maximum absolute atomic E-state index is 11.1. The highest BCUT2D eigenvalue weighted by molar-refractivity contribution is 5.60. The van der Waals surface area contributed by atoms with Crippen molar-refractivity contribution >= 4 is 17.5 Å². The Morgan fingerprint density at radius 2 is 2.16 bits per heavy atom. The van der Waals surface area contributed by atoms with Gasteiger partial charge in [0.05, 0.1) is 4.92 Å². The van der Waals surface area contributed by atoms with Crippen molar-refractivity contribution in [3.05, 3.63) is 15.8 Å². The molecule has 0 atom stereocenters. The lowest BCUT2D eigenvalue weighted by Gasteiger charge is -2.09. The summed E-state index contributed by atoms with van der Waals surface area (Å²) in [5.41, 5.74) is 0.333. The lowest BCUT2D eigenvalue weighted by Crippen LogP contribution is -2.10. The number of nitrogens with zero attached hydrogens (tertiary/aromatic N) is 3. The van der Waals surface area contributed by atoms with Crippen molar-refractivity contribution < 1.29 is 4.92 Å². The van der Waals surface area contributed by atoms with E-state index in [1.165, 1.54) is 19.3 Å². The number of aryl methyl sites for hydroxylation is 1. The van der Waals surface area contributed by atoms with Crippen LogP contribution in [0.5, 0.6) is 0 Å². The number of nitro groups is 1. The van der Waals surface area contributed by atoms with Crippen LogP contribution in [0.4, 0.5) is 17.5 Å². The Balaban J connectivity index is 2.06. The Labute approximate surface area is 112 Å². The molecule has 2 rings (SSSR count). The van der Waals surface area contributed by atoms with Crippen LogP contribution in [0.3, 0.4) is 0 Å². The fraction of sp³-hybridized carbons (Fsp3) is 0.667. The number of nitrogens with one attached hydrogen (secondary N) is 2. The number of hydrogen-bond acceptors (Lipinski definition) is 6. The third-order valence-corrected chi connectivity index (χ3v) is 3.24. The van der Waals surface area contributed by atoms with Crippen LogP contribution in [0, 0.1) is 23.0 Å². The van der Waals surface area contributed by atoms with Gasteiger partial charge in [-0.05, 0) is 25.7 Å². The predicted molar refractivity (Wildman–Crippen MR) is 73.4 cm³/mol. The van der Waals surface area contributed by atoms with Crippen molar-refractivity contribution in [1.29, 1.82) is 0 Å². The molecule has 7 heteroatoms. The van der Waals surface area contributed by atoms with Gasteiger partial charge in [0.2, 0.25) is 11.8 Å². The quantitative estimate of drug-likeness (QED) is 0.446. The third-order valence-electron chi connectivity index (χ3n) is 3.24. The molecule has 1 fully saturated rings. The van der Waals surface area contributed by atoms with Crippen molar-refractivity contribution in [3.63, 3.8) is 0 Å². The van der Waals surface area contributed by atoms with E-state index in [0.717, 1.165) is 12.3 Å². The Bertz CT molecular complexity index is 473. The van der Waals surface area contributed by atoms with Crippen molar-refractivity contribution in [2.75, 3.05) is 24.2 Å². The number of anilines is 2. The number of hydrogen-bond donors (Lipinski definition) is 2. The van der Waals surface area contributed by atoms with E-state index in [9.17, 15) is 10.1 Å². The van der Waals surface area contributed by atoms with E-state index >= 15 is 0 Å². The second-order valence-electron chi connectivity index (χ2n) is 4.85. The first-order valence-corrected chi connectivity index (χ1v) is 6.56. The summed E-state index contributed by atoms with van der Waals surface area (Å²) in [5, 5.41) is 16.9. The highest BCUT2D eigenvalue weighted by Crippen LogP contribution is 2.33. The smallest absolute Gasteiger partial charge is 0.332 e. The van der Waals surface area contributed by atoms with E-state index in [1.807, 2.05) is 0 Å². The zero-order valence-electron chi connectivity index (χ0n) is 11.3. The van der Waals surface area contributed by atoms with Gasteiger partial charge < -0.3 is 10.6 Å². The van der Waals surface area contributed by atoms with Crippen LogP contribution in [-0.4, -0.2) is 28.5 Å². The minimum Gasteiger partial charge on any atom is -0.364 e. The van der Waals surface area contributed by atoms with E-state index < -0.39 is 4.92 Å². The van der Waals surface area contributed by atoms with Crippen LogP contribution in [0.1, 0.15) is 31.4 Å². The summed E-state index contributed by atoms with van der Waals surface area (Å²) in [6.45, 7) is 2.33. The highest BCUT2D eigenvalue weighted by atomic mass is 16.6. The molecule has 0 aliphatic heterocycles. The first kappa shape index (κ1) is 13.5. The van der Waals surface area contributed by atoms with E-state index in [-0.39, 0.29) is 5.69 Å².